The van der Waals surface area contributed by atoms with Gasteiger partial charge in [0.25, 0.3) is 0 Å². The predicted octanol–water partition coefficient (Wildman–Crippen LogP) is 3.39. The molecule has 0 spiro atoms. The third kappa shape index (κ3) is 6.01. The van der Waals surface area contributed by atoms with Gasteiger partial charge in [-0.3, -0.25) is 4.57 Å². The predicted molar refractivity (Wildman–Crippen MR) is 107 cm³/mol. The molecule has 1 aromatic heterocycles. The molecule has 1 fully saturated rings. The summed E-state index contributed by atoms with van der Waals surface area (Å²) in [5.41, 5.74) is 0.805. The van der Waals surface area contributed by atoms with E-state index >= 15 is 0 Å². The number of benzene rings is 1. The maximum absolute atomic E-state index is 13.3. The molecule has 0 bridgehead atoms. The number of aliphatic hydroxyl groups excluding tert-OH is 1. The zero-order valence-corrected chi connectivity index (χ0v) is 17.2. The number of nitrogens with zero attached hydrogens (tertiary/aromatic N) is 3. The lowest BCUT2D eigenvalue weighted by Crippen LogP contribution is -2.21. The molecule has 1 aromatic carbocycles. The van der Waals surface area contributed by atoms with Gasteiger partial charge < -0.3 is 14.6 Å². The molecule has 1 saturated heterocycles. The molecule has 6 nitrogen and oxygen atoms in total. The minimum atomic E-state index is -0.578. The minimum absolute atomic E-state index is 0.119. The van der Waals surface area contributed by atoms with Gasteiger partial charge in [0.15, 0.2) is 11.0 Å². The van der Waals surface area contributed by atoms with Gasteiger partial charge in [0.05, 0.1) is 25.4 Å². The smallest absolute Gasteiger partial charge is 0.191 e. The molecule has 28 heavy (non-hydrogen) atoms. The van der Waals surface area contributed by atoms with Gasteiger partial charge in [0.2, 0.25) is 0 Å². The number of aromatic nitrogens is 3. The molecule has 2 aromatic rings. The van der Waals surface area contributed by atoms with Crippen LogP contribution in [0.15, 0.2) is 29.4 Å². The van der Waals surface area contributed by atoms with Crippen LogP contribution in [0.2, 0.25) is 0 Å². The maximum Gasteiger partial charge on any atom is 0.191 e. The van der Waals surface area contributed by atoms with Gasteiger partial charge in [-0.1, -0.05) is 25.6 Å². The fourth-order valence-electron chi connectivity index (χ4n) is 3.02. The lowest BCUT2D eigenvalue weighted by molar-refractivity contribution is 0.0364. The van der Waals surface area contributed by atoms with Crippen LogP contribution < -0.4 is 0 Å². The van der Waals surface area contributed by atoms with Crippen molar-refractivity contribution in [2.24, 2.45) is 5.92 Å². The number of ether oxygens (including phenoxy) is 2. The highest BCUT2D eigenvalue weighted by molar-refractivity contribution is 7.99. The van der Waals surface area contributed by atoms with Crippen LogP contribution in [-0.4, -0.2) is 57.7 Å². The van der Waals surface area contributed by atoms with E-state index in [0.29, 0.717) is 37.3 Å². The third-order valence-corrected chi connectivity index (χ3v) is 5.51. The van der Waals surface area contributed by atoms with Crippen molar-refractivity contribution in [2.75, 3.05) is 25.6 Å². The fourth-order valence-corrected chi connectivity index (χ4v) is 3.88. The molecule has 2 atom stereocenters. The molecule has 2 unspecified atom stereocenters. The van der Waals surface area contributed by atoms with Gasteiger partial charge in [-0.2, -0.15) is 0 Å². The largest absolute Gasteiger partial charge is 0.390 e. The highest BCUT2D eigenvalue weighted by atomic mass is 32.2. The minimum Gasteiger partial charge on any atom is -0.390 e. The highest BCUT2D eigenvalue weighted by Gasteiger charge is 2.22. The molecule has 1 aliphatic rings. The van der Waals surface area contributed by atoms with Crippen molar-refractivity contribution in [1.29, 1.82) is 0 Å². The Morgan fingerprint density at radius 2 is 2.07 bits per heavy atom. The summed E-state index contributed by atoms with van der Waals surface area (Å²) in [6, 6.07) is 6.24. The topological polar surface area (TPSA) is 69.4 Å². The van der Waals surface area contributed by atoms with E-state index in [1.807, 2.05) is 4.57 Å². The number of aliphatic hydroxyl groups is 1. The van der Waals surface area contributed by atoms with Crippen molar-refractivity contribution in [3.63, 3.8) is 0 Å². The van der Waals surface area contributed by atoms with E-state index in [0.717, 1.165) is 30.2 Å². The Labute approximate surface area is 169 Å². The summed E-state index contributed by atoms with van der Waals surface area (Å²) < 4.78 is 26.6. The lowest BCUT2D eigenvalue weighted by Gasteiger charge is -2.16. The normalized spacial score (nSPS) is 18.1. The van der Waals surface area contributed by atoms with Crippen LogP contribution in [0.3, 0.4) is 0 Å². The van der Waals surface area contributed by atoms with Gasteiger partial charge in [0, 0.05) is 24.5 Å². The first-order valence-electron chi connectivity index (χ1n) is 9.72. The first-order chi connectivity index (χ1) is 13.5. The molecule has 0 saturated carbocycles. The molecule has 8 heteroatoms. The van der Waals surface area contributed by atoms with Crippen molar-refractivity contribution in [1.82, 2.24) is 14.8 Å². The Kier molecular flexibility index (Phi) is 7.84. The van der Waals surface area contributed by atoms with E-state index in [9.17, 15) is 9.50 Å². The molecule has 0 radical (unpaired) electrons. The second kappa shape index (κ2) is 10.3. The van der Waals surface area contributed by atoms with E-state index in [2.05, 4.69) is 24.0 Å². The molecule has 3 rings (SSSR count). The number of hydrogen-bond acceptors (Lipinski definition) is 6. The van der Waals surface area contributed by atoms with Crippen LogP contribution in [0.5, 0.6) is 0 Å². The van der Waals surface area contributed by atoms with Crippen LogP contribution in [0.25, 0.3) is 11.4 Å². The van der Waals surface area contributed by atoms with Crippen molar-refractivity contribution in [3.05, 3.63) is 30.1 Å². The van der Waals surface area contributed by atoms with Crippen molar-refractivity contribution < 1.29 is 19.0 Å². The van der Waals surface area contributed by atoms with E-state index in [-0.39, 0.29) is 11.9 Å². The maximum atomic E-state index is 13.3. The molecule has 154 valence electrons. The van der Waals surface area contributed by atoms with Crippen LogP contribution in [0.1, 0.15) is 26.7 Å². The summed E-state index contributed by atoms with van der Waals surface area (Å²) >= 11 is 1.45. The summed E-state index contributed by atoms with van der Waals surface area (Å²) in [5, 5.41) is 19.5. The summed E-state index contributed by atoms with van der Waals surface area (Å²) in [5.74, 6) is 1.30. The van der Waals surface area contributed by atoms with Crippen molar-refractivity contribution >= 4 is 11.8 Å². The number of thioether (sulfide) groups is 1. The van der Waals surface area contributed by atoms with Gasteiger partial charge in [0.1, 0.15) is 5.82 Å². The zero-order chi connectivity index (χ0) is 19.9. The number of rotatable bonds is 10. The first kappa shape index (κ1) is 21.2. The van der Waals surface area contributed by atoms with Crippen molar-refractivity contribution in [2.45, 2.75) is 50.6 Å². The second-order valence-corrected chi connectivity index (χ2v) is 8.44. The van der Waals surface area contributed by atoms with Crippen LogP contribution in [0.4, 0.5) is 4.39 Å². The summed E-state index contributed by atoms with van der Waals surface area (Å²) in [6.45, 7) is 6.49. The molecular formula is C20H28FN3O3S. The monoisotopic (exact) mass is 409 g/mol. The van der Waals surface area contributed by atoms with Gasteiger partial charge in [-0.15, -0.1) is 10.2 Å². The lowest BCUT2D eigenvalue weighted by atomic mass is 10.2. The van der Waals surface area contributed by atoms with Gasteiger partial charge in [-0.05, 0) is 43.0 Å². The number of halogens is 1. The standard InChI is InChI=1S/C20H28FN3O3S/c1-14(2)11-26-12-17(25)13-28-20-23-22-19(15-5-7-16(21)8-6-15)24(20)10-18-4-3-9-27-18/h5-8,14,17-18,25H,3-4,9-13H2,1-2H3. The Hall–Kier alpha value is -1.48. The van der Waals surface area contributed by atoms with Crippen molar-refractivity contribution in [3.8, 4) is 11.4 Å². The Balaban J connectivity index is 1.69. The third-order valence-electron chi connectivity index (χ3n) is 4.40. The van der Waals surface area contributed by atoms with Crippen LogP contribution >= 0.6 is 11.8 Å². The molecular weight excluding hydrogens is 381 g/mol. The van der Waals surface area contributed by atoms with E-state index in [1.54, 1.807) is 12.1 Å². The second-order valence-electron chi connectivity index (χ2n) is 7.45. The fraction of sp³-hybridized carbons (Fsp3) is 0.600. The van der Waals surface area contributed by atoms with Gasteiger partial charge in [-0.25, -0.2) is 4.39 Å². The Morgan fingerprint density at radius 3 is 2.75 bits per heavy atom. The SMILES string of the molecule is CC(C)COCC(O)CSc1nnc(-c2ccc(F)cc2)n1CC1CCCO1. The zero-order valence-electron chi connectivity index (χ0n) is 16.4. The van der Waals surface area contributed by atoms with E-state index in [1.165, 1.54) is 23.9 Å². The average molecular weight is 410 g/mol. The first-order valence-corrected chi connectivity index (χ1v) is 10.7. The quantitative estimate of drug-likeness (QED) is 0.607. The average Bonchev–Trinajstić information content (AvgIpc) is 3.31. The summed E-state index contributed by atoms with van der Waals surface area (Å²) in [6.07, 6.45) is 1.59. The molecule has 0 amide bonds. The van der Waals surface area contributed by atoms with Crippen LogP contribution in [-0.2, 0) is 16.0 Å². The summed E-state index contributed by atoms with van der Waals surface area (Å²) in [7, 11) is 0. The highest BCUT2D eigenvalue weighted by Crippen LogP contribution is 2.27. The number of hydrogen-bond donors (Lipinski definition) is 1. The molecule has 1 aliphatic heterocycles. The van der Waals surface area contributed by atoms with E-state index in [4.69, 9.17) is 9.47 Å². The van der Waals surface area contributed by atoms with Gasteiger partial charge >= 0.3 is 0 Å². The summed E-state index contributed by atoms with van der Waals surface area (Å²) in [4.78, 5) is 0. The Bertz CT molecular complexity index is 733. The molecule has 0 aliphatic carbocycles. The van der Waals surface area contributed by atoms with E-state index < -0.39 is 6.10 Å². The molecule has 1 N–H and O–H groups in total. The van der Waals surface area contributed by atoms with Crippen LogP contribution in [0, 0.1) is 11.7 Å². The Morgan fingerprint density at radius 1 is 1.29 bits per heavy atom. The molecule has 2 heterocycles.